The third-order valence-corrected chi connectivity index (χ3v) is 15.1. The molecule has 0 aromatic rings. The third-order valence-electron chi connectivity index (χ3n) is 14.2. The maximum absolute atomic E-state index is 12.8. The zero-order valence-corrected chi connectivity index (χ0v) is 53.0. The normalized spacial score (nSPS) is 13.7. The highest BCUT2D eigenvalue weighted by molar-refractivity contribution is 7.47. The van der Waals surface area contributed by atoms with Crippen molar-refractivity contribution >= 4 is 19.8 Å². The summed E-state index contributed by atoms with van der Waals surface area (Å²) in [5, 5.41) is 0. The molecule has 9 nitrogen and oxygen atoms in total. The fraction of sp³-hybridized carbons (Fsp3) is 0.768. The van der Waals surface area contributed by atoms with Gasteiger partial charge in [-0.05, 0) is 89.9 Å². The molecule has 0 radical (unpaired) electrons. The summed E-state index contributed by atoms with van der Waals surface area (Å²) in [5.74, 6) is -0.798. The molecular weight excluding hydrogens is 1000 g/mol. The van der Waals surface area contributed by atoms with Crippen LogP contribution in [-0.4, -0.2) is 74.9 Å². The molecule has 2 unspecified atom stereocenters. The maximum Gasteiger partial charge on any atom is 0.472 e. The summed E-state index contributed by atoms with van der Waals surface area (Å²) in [5.41, 5.74) is 0. The largest absolute Gasteiger partial charge is 0.472 e. The number of unbranched alkanes of at least 4 members (excludes halogenated alkanes) is 32. The lowest BCUT2D eigenvalue weighted by molar-refractivity contribution is -0.870. The number of rotatable bonds is 60. The van der Waals surface area contributed by atoms with Crippen molar-refractivity contribution in [3.8, 4) is 0 Å². The Morgan fingerprint density at radius 3 is 1.09 bits per heavy atom. The zero-order valence-electron chi connectivity index (χ0n) is 52.1. The lowest BCUT2D eigenvalue weighted by Gasteiger charge is -2.24. The van der Waals surface area contributed by atoms with Gasteiger partial charge in [0, 0.05) is 12.8 Å². The quantitative estimate of drug-likeness (QED) is 0.0211. The van der Waals surface area contributed by atoms with Crippen LogP contribution >= 0.6 is 7.82 Å². The van der Waals surface area contributed by atoms with Crippen molar-refractivity contribution in [1.29, 1.82) is 0 Å². The van der Waals surface area contributed by atoms with Gasteiger partial charge in [0.15, 0.2) is 6.10 Å². The number of carbonyl (C=O) groups excluding carboxylic acids is 2. The fourth-order valence-corrected chi connectivity index (χ4v) is 9.88. The zero-order chi connectivity index (χ0) is 57.7. The van der Waals surface area contributed by atoms with E-state index in [1.54, 1.807) is 0 Å². The molecular formula is C69H125NO8P+. The van der Waals surface area contributed by atoms with Crippen molar-refractivity contribution in [3.63, 3.8) is 0 Å². The second-order valence-corrected chi connectivity index (χ2v) is 24.6. The molecule has 1 N–H and O–H groups in total. The summed E-state index contributed by atoms with van der Waals surface area (Å²) in [6.07, 6.45) is 81.1. The van der Waals surface area contributed by atoms with Crippen molar-refractivity contribution in [2.75, 3.05) is 47.5 Å². The number of hydrogen-bond donors (Lipinski definition) is 1. The molecule has 0 aliphatic rings. The molecule has 0 amide bonds. The molecule has 0 saturated carbocycles. The molecule has 458 valence electrons. The average molecular weight is 1130 g/mol. The van der Waals surface area contributed by atoms with E-state index in [0.29, 0.717) is 17.4 Å². The van der Waals surface area contributed by atoms with Crippen LogP contribution in [0.1, 0.15) is 290 Å². The van der Waals surface area contributed by atoms with E-state index >= 15 is 0 Å². The molecule has 2 atom stereocenters. The van der Waals surface area contributed by atoms with E-state index in [4.69, 9.17) is 18.5 Å². The third kappa shape index (κ3) is 64.2. The van der Waals surface area contributed by atoms with Crippen LogP contribution in [0, 0.1) is 0 Å². The first kappa shape index (κ1) is 76.2. The maximum atomic E-state index is 12.8. The van der Waals surface area contributed by atoms with Crippen molar-refractivity contribution in [2.24, 2.45) is 0 Å². The van der Waals surface area contributed by atoms with Gasteiger partial charge in [-0.2, -0.15) is 0 Å². The van der Waals surface area contributed by atoms with Crippen molar-refractivity contribution in [2.45, 2.75) is 296 Å². The van der Waals surface area contributed by atoms with E-state index in [0.717, 1.165) is 89.9 Å². The summed E-state index contributed by atoms with van der Waals surface area (Å²) in [6.45, 7) is 4.33. The molecule has 0 aromatic heterocycles. The topological polar surface area (TPSA) is 108 Å². The van der Waals surface area contributed by atoms with Crippen LogP contribution in [-0.2, 0) is 32.7 Å². The molecule has 0 saturated heterocycles. The highest BCUT2D eigenvalue weighted by Gasteiger charge is 2.27. The lowest BCUT2D eigenvalue weighted by atomic mass is 10.0. The molecule has 0 aliphatic carbocycles. The van der Waals surface area contributed by atoms with Crippen LogP contribution in [0.5, 0.6) is 0 Å². The van der Waals surface area contributed by atoms with Crippen LogP contribution < -0.4 is 0 Å². The van der Waals surface area contributed by atoms with Crippen molar-refractivity contribution < 1.29 is 42.1 Å². The highest BCUT2D eigenvalue weighted by atomic mass is 31.2. The molecule has 0 aromatic carbocycles. The molecule has 79 heavy (non-hydrogen) atoms. The van der Waals surface area contributed by atoms with Gasteiger partial charge in [-0.15, -0.1) is 0 Å². The van der Waals surface area contributed by atoms with Crippen LogP contribution in [0.25, 0.3) is 0 Å². The Kier molecular flexibility index (Phi) is 57.7. The molecule has 0 rings (SSSR count). The monoisotopic (exact) mass is 1130 g/mol. The summed E-state index contributed by atoms with van der Waals surface area (Å²) in [6, 6.07) is 0. The second kappa shape index (κ2) is 59.8. The van der Waals surface area contributed by atoms with Gasteiger partial charge in [0.25, 0.3) is 0 Å². The number of allylic oxidation sites excluding steroid dienone is 14. The second-order valence-electron chi connectivity index (χ2n) is 23.1. The Labute approximate surface area is 488 Å². The predicted octanol–water partition coefficient (Wildman–Crippen LogP) is 21.0. The van der Waals surface area contributed by atoms with Crippen LogP contribution in [0.3, 0.4) is 0 Å². The van der Waals surface area contributed by atoms with Gasteiger partial charge in [0.2, 0.25) is 0 Å². The fourth-order valence-electron chi connectivity index (χ4n) is 9.13. The van der Waals surface area contributed by atoms with E-state index < -0.39 is 26.5 Å². The number of likely N-dealkylation sites (N-methyl/N-ethyl adjacent to an activating group) is 1. The van der Waals surface area contributed by atoms with Gasteiger partial charge in [-0.25, -0.2) is 4.57 Å². The van der Waals surface area contributed by atoms with Gasteiger partial charge >= 0.3 is 19.8 Å². The Morgan fingerprint density at radius 2 is 0.722 bits per heavy atom. The number of esters is 2. The van der Waals surface area contributed by atoms with E-state index in [-0.39, 0.29) is 32.0 Å². The van der Waals surface area contributed by atoms with Gasteiger partial charge < -0.3 is 18.9 Å². The smallest absolute Gasteiger partial charge is 0.462 e. The first-order valence-electron chi connectivity index (χ1n) is 32.8. The first-order valence-corrected chi connectivity index (χ1v) is 34.3. The van der Waals surface area contributed by atoms with Gasteiger partial charge in [0.1, 0.15) is 19.8 Å². The van der Waals surface area contributed by atoms with Crippen LogP contribution in [0.15, 0.2) is 85.1 Å². The number of ether oxygens (including phenoxy) is 2. The Bertz CT molecular complexity index is 1610. The SMILES string of the molecule is CC/C=C\C/C=C\C/C=C\C/C=C\C/C=C\C/C=C\CCCCCCCCCCCCCCCCCCCCCCC(=O)OC(COC(=O)CCCCCCC/C=C\CCCCCCCCC)COP(=O)(O)OCC[N+](C)(C)C. The number of nitrogens with zero attached hydrogens (tertiary/aromatic N) is 1. The molecule has 0 aliphatic heterocycles. The predicted molar refractivity (Wildman–Crippen MR) is 339 cm³/mol. The molecule has 0 bridgehead atoms. The standard InChI is InChI=1S/C69H124NO8P/c1-6-8-10-12-14-16-18-20-22-24-25-26-27-28-29-30-31-32-33-34-35-36-37-38-39-40-41-42-43-44-45-46-48-50-52-54-56-58-60-62-69(72)78-67(66-77-79(73,74)76-64-63-70(3,4)5)65-75-68(71)61-59-57-55-53-51-49-47-23-21-19-17-15-13-11-9-7-2/h8,10,14,16,20,22-23,25-26,28-29,31-32,47,67H,6-7,9,11-13,15,17-19,21,24,27,30,33-46,48-66H2,1-5H3/p+1/b10-8-,16-14-,22-20-,26-25-,29-28-,32-31-,47-23-. The number of quaternary nitrogens is 1. The Morgan fingerprint density at radius 1 is 0.405 bits per heavy atom. The minimum absolute atomic E-state index is 0.0301. The Hall–Kier alpha value is -2.81. The van der Waals surface area contributed by atoms with Crippen molar-refractivity contribution in [3.05, 3.63) is 85.1 Å². The minimum atomic E-state index is -4.39. The minimum Gasteiger partial charge on any atom is -0.462 e. The van der Waals surface area contributed by atoms with E-state index in [9.17, 15) is 19.0 Å². The summed E-state index contributed by atoms with van der Waals surface area (Å²) < 4.78 is 34.6. The molecule has 10 heteroatoms. The van der Waals surface area contributed by atoms with E-state index in [2.05, 4.69) is 98.9 Å². The molecule has 0 fully saturated rings. The first-order chi connectivity index (χ1) is 38.5. The Balaban J connectivity index is 3.96. The summed E-state index contributed by atoms with van der Waals surface area (Å²) in [7, 11) is 1.48. The average Bonchev–Trinajstić information content (AvgIpc) is 3.41. The van der Waals surface area contributed by atoms with Crippen molar-refractivity contribution in [1.82, 2.24) is 0 Å². The number of phosphoric acid groups is 1. The number of carbonyl (C=O) groups is 2. The summed E-state index contributed by atoms with van der Waals surface area (Å²) >= 11 is 0. The lowest BCUT2D eigenvalue weighted by Crippen LogP contribution is -2.37. The van der Waals surface area contributed by atoms with Crippen LogP contribution in [0.2, 0.25) is 0 Å². The van der Waals surface area contributed by atoms with E-state index in [1.807, 2.05) is 21.1 Å². The summed E-state index contributed by atoms with van der Waals surface area (Å²) in [4.78, 5) is 35.7. The number of phosphoric ester groups is 1. The van der Waals surface area contributed by atoms with E-state index in [1.165, 1.54) is 167 Å². The number of hydrogen-bond acceptors (Lipinski definition) is 7. The van der Waals surface area contributed by atoms with Gasteiger partial charge in [-0.1, -0.05) is 272 Å². The molecule has 0 heterocycles. The molecule has 0 spiro atoms. The highest BCUT2D eigenvalue weighted by Crippen LogP contribution is 2.43. The van der Waals surface area contributed by atoms with Gasteiger partial charge in [-0.3, -0.25) is 18.6 Å². The van der Waals surface area contributed by atoms with Gasteiger partial charge in [0.05, 0.1) is 27.7 Å². The van der Waals surface area contributed by atoms with Crippen LogP contribution in [0.4, 0.5) is 0 Å².